The van der Waals surface area contributed by atoms with Gasteiger partial charge in [0.1, 0.15) is 11.5 Å². The predicted molar refractivity (Wildman–Crippen MR) is 97.4 cm³/mol. The van der Waals surface area contributed by atoms with Crippen LogP contribution in [-0.4, -0.2) is 15.7 Å². The van der Waals surface area contributed by atoms with Crippen molar-refractivity contribution in [3.05, 3.63) is 58.3 Å². The Balaban J connectivity index is 2.62. The molecule has 1 heterocycles. The van der Waals surface area contributed by atoms with Gasteiger partial charge < -0.3 is 11.5 Å². The number of nitrogens with one attached hydrogen (secondary N) is 1. The molecule has 0 radical (unpaired) electrons. The molecule has 24 heavy (non-hydrogen) atoms. The topological polar surface area (TPSA) is 125 Å². The van der Waals surface area contributed by atoms with Gasteiger partial charge in [-0.25, -0.2) is 4.98 Å². The fourth-order valence-electron chi connectivity index (χ4n) is 2.64. The second-order valence-corrected chi connectivity index (χ2v) is 5.30. The number of nitrogens with zero attached hydrogens (tertiary/aromatic N) is 3. The maximum atomic E-state index is 8.65. The van der Waals surface area contributed by atoms with Crippen molar-refractivity contribution in [1.82, 2.24) is 9.97 Å². The third-order valence-corrected chi connectivity index (χ3v) is 3.59. The number of benzene rings is 1. The average molecular weight is 318 g/mol. The number of aryl methyl sites for hydroxylation is 2. The summed E-state index contributed by atoms with van der Waals surface area (Å²) in [7, 11) is 0. The normalized spacial score (nSPS) is 10.5. The summed E-state index contributed by atoms with van der Waals surface area (Å²) in [5.41, 5.74) is 16.0. The number of hydrogen-bond acceptors (Lipinski definition) is 6. The van der Waals surface area contributed by atoms with Crippen molar-refractivity contribution in [3.63, 3.8) is 0 Å². The number of anilines is 2. The number of nitriles is 1. The van der Waals surface area contributed by atoms with Crippen LogP contribution < -0.4 is 11.5 Å². The summed E-state index contributed by atoms with van der Waals surface area (Å²) in [4.78, 5) is 8.08. The van der Waals surface area contributed by atoms with E-state index in [1.807, 2.05) is 32.0 Å². The van der Waals surface area contributed by atoms with Gasteiger partial charge in [0.2, 0.25) is 5.95 Å². The van der Waals surface area contributed by atoms with Gasteiger partial charge >= 0.3 is 0 Å². The van der Waals surface area contributed by atoms with Crippen molar-refractivity contribution in [2.75, 3.05) is 11.5 Å². The fraction of sp³-hybridized carbons (Fsp3) is 0.111. The number of allylic oxidation sites excluding steroid dienone is 1. The van der Waals surface area contributed by atoms with Crippen LogP contribution in [-0.2, 0) is 0 Å². The molecule has 6 heteroatoms. The van der Waals surface area contributed by atoms with Crippen LogP contribution in [0.25, 0.3) is 12.2 Å². The average Bonchev–Trinajstić information content (AvgIpc) is 2.51. The van der Waals surface area contributed by atoms with E-state index < -0.39 is 0 Å². The highest BCUT2D eigenvalue weighted by molar-refractivity contribution is 6.14. The fourth-order valence-corrected chi connectivity index (χ4v) is 2.64. The van der Waals surface area contributed by atoms with Gasteiger partial charge in [0, 0.05) is 17.2 Å². The van der Waals surface area contributed by atoms with Gasteiger partial charge in [-0.3, -0.25) is 5.41 Å². The van der Waals surface area contributed by atoms with E-state index >= 15 is 0 Å². The Morgan fingerprint density at radius 2 is 1.88 bits per heavy atom. The van der Waals surface area contributed by atoms with E-state index in [1.54, 1.807) is 6.08 Å². The lowest BCUT2D eigenvalue weighted by Gasteiger charge is -2.15. The number of rotatable bonds is 4. The van der Waals surface area contributed by atoms with E-state index in [0.717, 1.165) is 22.3 Å². The Bertz CT molecular complexity index is 879. The third kappa shape index (κ3) is 3.15. The van der Waals surface area contributed by atoms with Gasteiger partial charge in [-0.05, 0) is 36.6 Å². The summed E-state index contributed by atoms with van der Waals surface area (Å²) in [6.07, 6.45) is 4.66. The molecule has 0 aliphatic heterocycles. The minimum absolute atomic E-state index is 0.0155. The van der Waals surface area contributed by atoms with E-state index in [9.17, 15) is 0 Å². The van der Waals surface area contributed by atoms with E-state index in [2.05, 4.69) is 16.5 Å². The first-order valence-electron chi connectivity index (χ1n) is 7.21. The van der Waals surface area contributed by atoms with Crippen molar-refractivity contribution in [2.45, 2.75) is 13.8 Å². The molecule has 0 atom stereocenters. The highest BCUT2D eigenvalue weighted by Crippen LogP contribution is 2.24. The second-order valence-electron chi connectivity index (χ2n) is 5.30. The van der Waals surface area contributed by atoms with Crippen molar-refractivity contribution in [2.24, 2.45) is 0 Å². The lowest BCUT2D eigenvalue weighted by Crippen LogP contribution is -2.14. The van der Waals surface area contributed by atoms with Gasteiger partial charge in [0.15, 0.2) is 0 Å². The van der Waals surface area contributed by atoms with Crippen molar-refractivity contribution in [1.29, 1.82) is 10.7 Å². The van der Waals surface area contributed by atoms with Crippen molar-refractivity contribution < 1.29 is 0 Å². The molecule has 1 aromatic heterocycles. The predicted octanol–water partition coefficient (Wildman–Crippen LogP) is 2.85. The minimum Gasteiger partial charge on any atom is -0.383 e. The van der Waals surface area contributed by atoms with Crippen LogP contribution in [0.2, 0.25) is 0 Å². The zero-order valence-electron chi connectivity index (χ0n) is 13.6. The molecule has 0 saturated carbocycles. The first kappa shape index (κ1) is 16.9. The first-order valence-corrected chi connectivity index (χ1v) is 7.21. The van der Waals surface area contributed by atoms with Crippen LogP contribution in [0, 0.1) is 30.6 Å². The van der Waals surface area contributed by atoms with Crippen molar-refractivity contribution in [3.8, 4) is 6.07 Å². The zero-order chi connectivity index (χ0) is 17.9. The monoisotopic (exact) mass is 318 g/mol. The lowest BCUT2D eigenvalue weighted by molar-refractivity contribution is 1.16. The second kappa shape index (κ2) is 6.75. The summed E-state index contributed by atoms with van der Waals surface area (Å²) in [6.45, 7) is 7.52. The zero-order valence-corrected chi connectivity index (χ0v) is 13.6. The molecule has 6 nitrogen and oxygen atoms in total. The molecular formula is C18H18N6. The highest BCUT2D eigenvalue weighted by Gasteiger charge is 2.18. The smallest absolute Gasteiger partial charge is 0.222 e. The Hall–Kier alpha value is -3.46. The largest absolute Gasteiger partial charge is 0.383 e. The Morgan fingerprint density at radius 1 is 1.25 bits per heavy atom. The molecule has 1 aromatic carbocycles. The SMILES string of the molecule is C=Cc1c(N)nc(N)nc1C(=N)c1c(C)cc(/C=C/C#N)cc1C. The molecule has 0 unspecified atom stereocenters. The van der Waals surface area contributed by atoms with Gasteiger partial charge in [0.25, 0.3) is 0 Å². The Morgan fingerprint density at radius 3 is 2.42 bits per heavy atom. The summed E-state index contributed by atoms with van der Waals surface area (Å²) in [5, 5.41) is 17.2. The molecule has 120 valence electrons. The van der Waals surface area contributed by atoms with Crippen LogP contribution in [0.1, 0.15) is 33.5 Å². The molecule has 0 bridgehead atoms. The third-order valence-electron chi connectivity index (χ3n) is 3.59. The first-order chi connectivity index (χ1) is 11.4. The van der Waals surface area contributed by atoms with Crippen LogP contribution in [0.15, 0.2) is 24.8 Å². The summed E-state index contributed by atoms with van der Waals surface area (Å²) < 4.78 is 0. The number of aromatic nitrogens is 2. The molecule has 0 aliphatic rings. The number of nitrogen functional groups attached to an aromatic ring is 2. The van der Waals surface area contributed by atoms with Gasteiger partial charge in [-0.15, -0.1) is 0 Å². The maximum absolute atomic E-state index is 8.65. The summed E-state index contributed by atoms with van der Waals surface area (Å²) in [6, 6.07) is 5.79. The van der Waals surface area contributed by atoms with E-state index in [1.165, 1.54) is 12.2 Å². The maximum Gasteiger partial charge on any atom is 0.222 e. The highest BCUT2D eigenvalue weighted by atomic mass is 15.0. The van der Waals surface area contributed by atoms with E-state index in [0.29, 0.717) is 11.3 Å². The quantitative estimate of drug-likeness (QED) is 0.590. The molecule has 2 rings (SSSR count). The van der Waals surface area contributed by atoms with Gasteiger partial charge in [0.05, 0.1) is 11.8 Å². The molecular weight excluding hydrogens is 300 g/mol. The lowest BCUT2D eigenvalue weighted by atomic mass is 9.92. The van der Waals surface area contributed by atoms with Crippen LogP contribution in [0.5, 0.6) is 0 Å². The summed E-state index contributed by atoms with van der Waals surface area (Å²) in [5.74, 6) is 0.211. The molecule has 0 fully saturated rings. The van der Waals surface area contributed by atoms with Gasteiger partial charge in [-0.1, -0.05) is 24.8 Å². The molecule has 2 aromatic rings. The molecule has 0 saturated heterocycles. The minimum atomic E-state index is 0.0155. The van der Waals surface area contributed by atoms with Crippen LogP contribution in [0.3, 0.4) is 0 Å². The number of hydrogen-bond donors (Lipinski definition) is 3. The van der Waals surface area contributed by atoms with Crippen LogP contribution >= 0.6 is 0 Å². The van der Waals surface area contributed by atoms with Crippen molar-refractivity contribution >= 4 is 29.6 Å². The van der Waals surface area contributed by atoms with E-state index in [-0.39, 0.29) is 17.5 Å². The summed E-state index contributed by atoms with van der Waals surface area (Å²) >= 11 is 0. The van der Waals surface area contributed by atoms with E-state index in [4.69, 9.17) is 22.1 Å². The molecule has 0 spiro atoms. The van der Waals surface area contributed by atoms with Crippen LogP contribution in [0.4, 0.5) is 11.8 Å². The number of nitrogens with two attached hydrogens (primary N) is 2. The standard InChI is InChI=1S/C18H18N6/c1-4-13-16(23-18(22)24-17(13)21)15(20)14-10(2)8-12(6-5-7-19)9-11(14)3/h4-6,8-9,20H,1H2,2-3H3,(H4,21,22,23,24)/b6-5+,20-15?. The Kier molecular flexibility index (Phi) is 4.76. The molecule has 0 aliphatic carbocycles. The molecule has 5 N–H and O–H groups in total. The van der Waals surface area contributed by atoms with Gasteiger partial charge in [-0.2, -0.15) is 10.2 Å². The molecule has 0 amide bonds. The Labute approximate surface area is 140 Å².